The van der Waals surface area contributed by atoms with Crippen LogP contribution < -0.4 is 5.32 Å². The Morgan fingerprint density at radius 1 is 1.33 bits per heavy atom. The van der Waals surface area contributed by atoms with Crippen molar-refractivity contribution in [2.24, 2.45) is 5.92 Å². The van der Waals surface area contributed by atoms with Crippen molar-refractivity contribution in [3.05, 3.63) is 35.9 Å². The van der Waals surface area contributed by atoms with Crippen LogP contribution in [-0.2, 0) is 9.53 Å². The first-order valence-electron chi connectivity index (χ1n) is 7.53. The van der Waals surface area contributed by atoms with Crippen LogP contribution in [0.2, 0.25) is 0 Å². The summed E-state index contributed by atoms with van der Waals surface area (Å²) in [5.74, 6) is 0.0728. The first-order chi connectivity index (χ1) is 9.85. The van der Waals surface area contributed by atoms with Crippen LogP contribution in [0.25, 0.3) is 0 Å². The molecule has 0 aliphatic heterocycles. The predicted molar refractivity (Wildman–Crippen MR) is 83.9 cm³/mol. The number of esters is 1. The second kappa shape index (κ2) is 8.15. The fraction of sp³-hybridized carbons (Fsp3) is 0.588. The lowest BCUT2D eigenvalue weighted by Crippen LogP contribution is -2.42. The van der Waals surface area contributed by atoms with Crippen molar-refractivity contribution in [2.75, 3.05) is 13.2 Å². The summed E-state index contributed by atoms with van der Waals surface area (Å²) in [5, 5.41) is 13.5. The van der Waals surface area contributed by atoms with Gasteiger partial charge in [0.05, 0.1) is 12.2 Å². The Morgan fingerprint density at radius 3 is 2.48 bits per heavy atom. The Kier molecular flexibility index (Phi) is 6.85. The van der Waals surface area contributed by atoms with Gasteiger partial charge in [0.15, 0.2) is 0 Å². The molecule has 0 aliphatic carbocycles. The molecule has 0 amide bonds. The Hall–Kier alpha value is -1.39. The Morgan fingerprint density at radius 2 is 1.95 bits per heavy atom. The third-order valence-electron chi connectivity index (χ3n) is 3.19. The van der Waals surface area contributed by atoms with Crippen molar-refractivity contribution in [3.63, 3.8) is 0 Å². The Bertz CT molecular complexity index is 429. The normalized spacial score (nSPS) is 15.5. The smallest absolute Gasteiger partial charge is 0.327 e. The Balaban J connectivity index is 2.77. The first-order valence-corrected chi connectivity index (χ1v) is 7.53. The highest BCUT2D eigenvalue weighted by atomic mass is 16.5. The molecule has 0 aliphatic rings. The minimum Gasteiger partial charge on any atom is -0.465 e. The largest absolute Gasteiger partial charge is 0.465 e. The lowest BCUT2D eigenvalue weighted by Gasteiger charge is -2.28. The second-order valence-electron chi connectivity index (χ2n) is 6.07. The van der Waals surface area contributed by atoms with Gasteiger partial charge in [-0.1, -0.05) is 44.2 Å². The van der Waals surface area contributed by atoms with E-state index < -0.39 is 11.6 Å². The number of benzene rings is 1. The molecule has 0 spiro atoms. The first kappa shape index (κ1) is 17.7. The fourth-order valence-electron chi connectivity index (χ4n) is 2.48. The van der Waals surface area contributed by atoms with E-state index in [0.29, 0.717) is 25.5 Å². The summed E-state index contributed by atoms with van der Waals surface area (Å²) in [4.78, 5) is 12.1. The number of aliphatic hydroxyl groups is 1. The molecule has 0 radical (unpaired) electrons. The maximum Gasteiger partial charge on any atom is 0.327 e. The van der Waals surface area contributed by atoms with Gasteiger partial charge in [0.1, 0.15) is 6.04 Å². The lowest BCUT2D eigenvalue weighted by molar-refractivity contribution is -0.146. The zero-order chi connectivity index (χ0) is 15.9. The quantitative estimate of drug-likeness (QED) is 0.724. The molecule has 21 heavy (non-hydrogen) atoms. The lowest BCUT2D eigenvalue weighted by atomic mass is 9.93. The molecule has 0 heterocycles. The van der Waals surface area contributed by atoms with E-state index in [0.717, 1.165) is 5.56 Å². The van der Waals surface area contributed by atoms with Gasteiger partial charge >= 0.3 is 5.97 Å². The van der Waals surface area contributed by atoms with Crippen LogP contribution in [0.4, 0.5) is 0 Å². The molecule has 1 aromatic rings. The number of carbonyl (C=O) groups excluding carboxylic acids is 1. The third kappa shape index (κ3) is 6.27. The SMILES string of the molecule is CCOC(=O)C(NCC(C)(O)CC(C)C)c1ccccc1. The van der Waals surface area contributed by atoms with Crippen LogP contribution >= 0.6 is 0 Å². The molecule has 0 bridgehead atoms. The molecule has 118 valence electrons. The molecule has 0 aromatic heterocycles. The van der Waals surface area contributed by atoms with E-state index in [2.05, 4.69) is 19.2 Å². The number of hydrogen-bond acceptors (Lipinski definition) is 4. The molecular weight excluding hydrogens is 266 g/mol. The standard InChI is InChI=1S/C17H27NO3/c1-5-21-16(19)15(14-9-7-6-8-10-14)18-12-17(4,20)11-13(2)3/h6-10,13,15,18,20H,5,11-12H2,1-4H3. The van der Waals surface area contributed by atoms with Gasteiger partial charge in [-0.15, -0.1) is 0 Å². The predicted octanol–water partition coefficient (Wildman–Crippen LogP) is 2.68. The summed E-state index contributed by atoms with van der Waals surface area (Å²) in [6, 6.07) is 8.88. The topological polar surface area (TPSA) is 58.6 Å². The highest BCUT2D eigenvalue weighted by molar-refractivity contribution is 5.77. The van der Waals surface area contributed by atoms with E-state index in [-0.39, 0.29) is 5.97 Å². The van der Waals surface area contributed by atoms with Gasteiger partial charge in [0.2, 0.25) is 0 Å². The van der Waals surface area contributed by atoms with Crippen LogP contribution in [0, 0.1) is 5.92 Å². The number of rotatable bonds is 8. The average molecular weight is 293 g/mol. The Labute approximate surface area is 127 Å². The molecule has 4 heteroatoms. The van der Waals surface area contributed by atoms with E-state index in [1.165, 1.54) is 0 Å². The molecule has 0 fully saturated rings. The molecule has 4 nitrogen and oxygen atoms in total. The summed E-state index contributed by atoms with van der Waals surface area (Å²) >= 11 is 0. The van der Waals surface area contributed by atoms with E-state index in [9.17, 15) is 9.90 Å². The summed E-state index contributed by atoms with van der Waals surface area (Å²) in [5.41, 5.74) is -0.00969. The number of ether oxygens (including phenoxy) is 1. The maximum absolute atomic E-state index is 12.1. The van der Waals surface area contributed by atoms with Crippen LogP contribution in [0.3, 0.4) is 0 Å². The number of carbonyl (C=O) groups is 1. The van der Waals surface area contributed by atoms with Crippen LogP contribution in [0.1, 0.15) is 45.7 Å². The zero-order valence-corrected chi connectivity index (χ0v) is 13.4. The molecule has 0 saturated carbocycles. The number of hydrogen-bond donors (Lipinski definition) is 2. The molecular formula is C17H27NO3. The average Bonchev–Trinajstić information content (AvgIpc) is 2.38. The molecule has 2 atom stereocenters. The van der Waals surface area contributed by atoms with E-state index >= 15 is 0 Å². The van der Waals surface area contributed by atoms with Gasteiger partial charge < -0.3 is 9.84 Å². The van der Waals surface area contributed by atoms with Crippen molar-refractivity contribution in [1.82, 2.24) is 5.32 Å². The van der Waals surface area contributed by atoms with Gasteiger partial charge in [-0.25, -0.2) is 4.79 Å². The summed E-state index contributed by atoms with van der Waals surface area (Å²) in [7, 11) is 0. The van der Waals surface area contributed by atoms with Gasteiger partial charge in [0, 0.05) is 6.54 Å². The summed E-state index contributed by atoms with van der Waals surface area (Å²) < 4.78 is 5.12. The highest BCUT2D eigenvalue weighted by Gasteiger charge is 2.27. The monoisotopic (exact) mass is 293 g/mol. The van der Waals surface area contributed by atoms with Gasteiger partial charge in [-0.2, -0.15) is 0 Å². The minimum atomic E-state index is -0.853. The maximum atomic E-state index is 12.1. The van der Waals surface area contributed by atoms with Gasteiger partial charge in [-0.3, -0.25) is 5.32 Å². The highest BCUT2D eigenvalue weighted by Crippen LogP contribution is 2.19. The van der Waals surface area contributed by atoms with Crippen molar-refractivity contribution in [2.45, 2.75) is 45.8 Å². The van der Waals surface area contributed by atoms with E-state index in [1.54, 1.807) is 13.8 Å². The van der Waals surface area contributed by atoms with Crippen LogP contribution in [-0.4, -0.2) is 29.8 Å². The molecule has 1 aromatic carbocycles. The van der Waals surface area contributed by atoms with E-state index in [4.69, 9.17) is 4.74 Å². The summed E-state index contributed by atoms with van der Waals surface area (Å²) in [6.07, 6.45) is 0.671. The summed E-state index contributed by atoms with van der Waals surface area (Å²) in [6.45, 7) is 8.38. The zero-order valence-electron chi connectivity index (χ0n) is 13.4. The molecule has 0 saturated heterocycles. The van der Waals surface area contributed by atoms with Gasteiger partial charge in [-0.05, 0) is 31.7 Å². The van der Waals surface area contributed by atoms with Crippen LogP contribution in [0.5, 0.6) is 0 Å². The fourth-order valence-corrected chi connectivity index (χ4v) is 2.48. The van der Waals surface area contributed by atoms with Crippen LogP contribution in [0.15, 0.2) is 30.3 Å². The van der Waals surface area contributed by atoms with Gasteiger partial charge in [0.25, 0.3) is 0 Å². The molecule has 1 rings (SSSR count). The third-order valence-corrected chi connectivity index (χ3v) is 3.19. The molecule has 2 N–H and O–H groups in total. The minimum absolute atomic E-state index is 0.316. The van der Waals surface area contributed by atoms with Crippen molar-refractivity contribution < 1.29 is 14.6 Å². The number of nitrogens with one attached hydrogen (secondary N) is 1. The van der Waals surface area contributed by atoms with E-state index in [1.807, 2.05) is 30.3 Å². The second-order valence-corrected chi connectivity index (χ2v) is 6.07. The van der Waals surface area contributed by atoms with Crippen molar-refractivity contribution in [1.29, 1.82) is 0 Å². The van der Waals surface area contributed by atoms with Crippen molar-refractivity contribution in [3.8, 4) is 0 Å². The molecule has 2 unspecified atom stereocenters. The van der Waals surface area contributed by atoms with Crippen molar-refractivity contribution >= 4 is 5.97 Å².